The van der Waals surface area contributed by atoms with Gasteiger partial charge in [0.2, 0.25) is 5.91 Å². The summed E-state index contributed by atoms with van der Waals surface area (Å²) in [5.74, 6) is 0.153. The zero-order chi connectivity index (χ0) is 18.5. The molecule has 1 atom stereocenters. The van der Waals surface area contributed by atoms with E-state index in [0.29, 0.717) is 30.9 Å². The van der Waals surface area contributed by atoms with Gasteiger partial charge in [-0.1, -0.05) is 31.2 Å². The number of ether oxygens (including phenoxy) is 1. The number of fused-ring (bicyclic) bond motifs is 1. The quantitative estimate of drug-likeness (QED) is 0.833. The second-order valence-corrected chi connectivity index (χ2v) is 6.31. The van der Waals surface area contributed by atoms with Crippen molar-refractivity contribution < 1.29 is 14.3 Å². The molecule has 26 heavy (non-hydrogen) atoms. The van der Waals surface area contributed by atoms with Gasteiger partial charge in [0.25, 0.3) is 5.91 Å². The van der Waals surface area contributed by atoms with Crippen LogP contribution in [0.3, 0.4) is 0 Å². The molecule has 136 valence electrons. The van der Waals surface area contributed by atoms with Crippen molar-refractivity contribution in [2.45, 2.75) is 26.0 Å². The normalized spacial score (nSPS) is 15.7. The van der Waals surface area contributed by atoms with E-state index in [4.69, 9.17) is 10.5 Å². The Morgan fingerprint density at radius 2 is 1.92 bits per heavy atom. The van der Waals surface area contributed by atoms with Gasteiger partial charge in [0.1, 0.15) is 5.75 Å². The van der Waals surface area contributed by atoms with E-state index in [1.54, 1.807) is 12.1 Å². The maximum atomic E-state index is 12.4. The van der Waals surface area contributed by atoms with E-state index in [1.807, 2.05) is 43.3 Å². The first kappa shape index (κ1) is 17.8. The van der Waals surface area contributed by atoms with Crippen LogP contribution in [-0.4, -0.2) is 31.0 Å². The first-order valence-electron chi connectivity index (χ1n) is 8.75. The van der Waals surface area contributed by atoms with Gasteiger partial charge in [-0.2, -0.15) is 0 Å². The number of rotatable bonds is 6. The summed E-state index contributed by atoms with van der Waals surface area (Å²) in [7, 11) is 0. The van der Waals surface area contributed by atoms with Gasteiger partial charge >= 0.3 is 0 Å². The number of nitrogens with one attached hydrogen (secondary N) is 1. The highest BCUT2D eigenvalue weighted by Gasteiger charge is 2.30. The van der Waals surface area contributed by atoms with Gasteiger partial charge in [-0.3, -0.25) is 9.59 Å². The molecule has 0 spiro atoms. The number of para-hydroxylation sites is 2. The summed E-state index contributed by atoms with van der Waals surface area (Å²) in [5.41, 5.74) is 7.75. The first-order chi connectivity index (χ1) is 12.6. The molecule has 6 nitrogen and oxygen atoms in total. The predicted molar refractivity (Wildman–Crippen MR) is 100 cm³/mol. The highest BCUT2D eigenvalue weighted by Crippen LogP contribution is 2.34. The SMILES string of the molecule is CCCNC(=O)[C@@H]1CN(Cc2ccc(C(N)=O)cc2)c2ccccc2O1. The molecule has 0 radical (unpaired) electrons. The number of primary amides is 1. The van der Waals surface area contributed by atoms with Crippen LogP contribution in [0.2, 0.25) is 0 Å². The van der Waals surface area contributed by atoms with Crippen molar-refractivity contribution in [1.82, 2.24) is 5.32 Å². The lowest BCUT2D eigenvalue weighted by Crippen LogP contribution is -2.48. The van der Waals surface area contributed by atoms with Crippen LogP contribution in [0.15, 0.2) is 48.5 Å². The lowest BCUT2D eigenvalue weighted by molar-refractivity contribution is -0.127. The molecule has 3 rings (SSSR count). The summed E-state index contributed by atoms with van der Waals surface area (Å²) in [6, 6.07) is 14.9. The van der Waals surface area contributed by atoms with Crippen LogP contribution >= 0.6 is 0 Å². The predicted octanol–water partition coefficient (Wildman–Crippen LogP) is 2.08. The van der Waals surface area contributed by atoms with E-state index in [2.05, 4.69) is 10.2 Å². The molecule has 2 amide bonds. The fourth-order valence-electron chi connectivity index (χ4n) is 2.95. The number of hydrogen-bond acceptors (Lipinski definition) is 4. The number of anilines is 1. The third-order valence-electron chi connectivity index (χ3n) is 4.31. The average Bonchev–Trinajstić information content (AvgIpc) is 2.66. The van der Waals surface area contributed by atoms with E-state index in [1.165, 1.54) is 0 Å². The van der Waals surface area contributed by atoms with Gasteiger partial charge in [-0.05, 0) is 36.2 Å². The summed E-state index contributed by atoms with van der Waals surface area (Å²) in [4.78, 5) is 25.7. The van der Waals surface area contributed by atoms with E-state index >= 15 is 0 Å². The Kier molecular flexibility index (Phi) is 5.41. The maximum absolute atomic E-state index is 12.4. The average molecular weight is 353 g/mol. The Balaban J connectivity index is 1.80. The molecule has 6 heteroatoms. The van der Waals surface area contributed by atoms with E-state index in [-0.39, 0.29) is 5.91 Å². The molecule has 0 aliphatic carbocycles. The number of carbonyl (C=O) groups is 2. The van der Waals surface area contributed by atoms with Crippen molar-refractivity contribution in [1.29, 1.82) is 0 Å². The topological polar surface area (TPSA) is 84.7 Å². The molecule has 2 aromatic carbocycles. The van der Waals surface area contributed by atoms with Crippen LogP contribution in [0.25, 0.3) is 0 Å². The number of carbonyl (C=O) groups excluding carboxylic acids is 2. The molecule has 0 unspecified atom stereocenters. The molecule has 2 aromatic rings. The molecule has 0 aromatic heterocycles. The van der Waals surface area contributed by atoms with Gasteiger partial charge in [0.05, 0.1) is 12.2 Å². The van der Waals surface area contributed by atoms with Crippen molar-refractivity contribution >= 4 is 17.5 Å². The zero-order valence-electron chi connectivity index (χ0n) is 14.8. The van der Waals surface area contributed by atoms with Crippen LogP contribution in [0, 0.1) is 0 Å². The second-order valence-electron chi connectivity index (χ2n) is 6.31. The lowest BCUT2D eigenvalue weighted by Gasteiger charge is -2.35. The number of nitrogens with zero attached hydrogens (tertiary/aromatic N) is 1. The lowest BCUT2D eigenvalue weighted by atomic mass is 10.1. The summed E-state index contributed by atoms with van der Waals surface area (Å²) in [6.45, 7) is 3.72. The van der Waals surface area contributed by atoms with Crippen molar-refractivity contribution in [2.75, 3.05) is 18.0 Å². The van der Waals surface area contributed by atoms with Gasteiger partial charge in [-0.25, -0.2) is 0 Å². The molecule has 0 saturated carbocycles. The monoisotopic (exact) mass is 353 g/mol. The molecule has 0 saturated heterocycles. The third-order valence-corrected chi connectivity index (χ3v) is 4.31. The molecule has 1 heterocycles. The minimum Gasteiger partial charge on any atom is -0.477 e. The van der Waals surface area contributed by atoms with Gasteiger partial charge in [-0.15, -0.1) is 0 Å². The largest absolute Gasteiger partial charge is 0.477 e. The molecule has 1 aliphatic heterocycles. The Hall–Kier alpha value is -3.02. The smallest absolute Gasteiger partial charge is 0.262 e. The zero-order valence-corrected chi connectivity index (χ0v) is 14.8. The highest BCUT2D eigenvalue weighted by atomic mass is 16.5. The van der Waals surface area contributed by atoms with E-state index in [0.717, 1.165) is 17.7 Å². The fourth-order valence-corrected chi connectivity index (χ4v) is 2.95. The minimum atomic E-state index is -0.554. The van der Waals surface area contributed by atoms with Crippen LogP contribution in [0.4, 0.5) is 5.69 Å². The molecule has 0 fully saturated rings. The molecular formula is C20H23N3O3. The summed E-state index contributed by atoms with van der Waals surface area (Å²) < 4.78 is 5.89. The number of amides is 2. The Labute approximate surface area is 152 Å². The van der Waals surface area contributed by atoms with Gasteiger partial charge in [0, 0.05) is 18.7 Å². The van der Waals surface area contributed by atoms with E-state index in [9.17, 15) is 9.59 Å². The fraction of sp³-hybridized carbons (Fsp3) is 0.300. The van der Waals surface area contributed by atoms with Crippen LogP contribution in [0.1, 0.15) is 29.3 Å². The summed E-state index contributed by atoms with van der Waals surface area (Å²) in [5, 5.41) is 2.90. The van der Waals surface area contributed by atoms with Crippen LogP contribution in [-0.2, 0) is 11.3 Å². The maximum Gasteiger partial charge on any atom is 0.262 e. The second kappa shape index (κ2) is 7.91. The van der Waals surface area contributed by atoms with Crippen molar-refractivity contribution in [2.24, 2.45) is 5.73 Å². The standard InChI is InChI=1S/C20H23N3O3/c1-2-11-22-20(25)18-13-23(16-5-3-4-6-17(16)26-18)12-14-7-9-15(10-8-14)19(21)24/h3-10,18H,2,11-13H2,1H3,(H2,21,24)(H,22,25)/t18-/m0/s1. The molecule has 0 bridgehead atoms. The number of nitrogens with two attached hydrogens (primary N) is 1. The minimum absolute atomic E-state index is 0.101. The van der Waals surface area contributed by atoms with Crippen molar-refractivity contribution in [3.63, 3.8) is 0 Å². The van der Waals surface area contributed by atoms with Crippen molar-refractivity contribution in [3.8, 4) is 5.75 Å². The molecular weight excluding hydrogens is 330 g/mol. The number of benzene rings is 2. The molecule has 3 N–H and O–H groups in total. The van der Waals surface area contributed by atoms with E-state index < -0.39 is 12.0 Å². The van der Waals surface area contributed by atoms with Crippen LogP contribution in [0.5, 0.6) is 5.75 Å². The Morgan fingerprint density at radius 3 is 2.62 bits per heavy atom. The molecule has 1 aliphatic rings. The van der Waals surface area contributed by atoms with Crippen LogP contribution < -0.4 is 20.7 Å². The van der Waals surface area contributed by atoms with Crippen molar-refractivity contribution in [3.05, 3.63) is 59.7 Å². The third kappa shape index (κ3) is 3.96. The Morgan fingerprint density at radius 1 is 1.19 bits per heavy atom. The van der Waals surface area contributed by atoms with Gasteiger partial charge in [0.15, 0.2) is 6.10 Å². The van der Waals surface area contributed by atoms with Gasteiger partial charge < -0.3 is 20.7 Å². The first-order valence-corrected chi connectivity index (χ1v) is 8.75. The summed E-state index contributed by atoms with van der Waals surface area (Å²) >= 11 is 0. The summed E-state index contributed by atoms with van der Waals surface area (Å²) in [6.07, 6.45) is 0.326. The number of hydrogen-bond donors (Lipinski definition) is 2. The highest BCUT2D eigenvalue weighted by molar-refractivity contribution is 5.92. The Bertz CT molecular complexity index is 789.